The smallest absolute Gasteiger partial charge is 0.203 e. The molecule has 2 rings (SSSR count). The maximum atomic E-state index is 13.1. The number of hydrogen-bond acceptors (Lipinski definition) is 3. The summed E-state index contributed by atoms with van der Waals surface area (Å²) < 4.78 is 13.9. The number of ketones is 1. The normalized spacial score (nSPS) is 10.4. The fourth-order valence-electron chi connectivity index (χ4n) is 1.32. The Hall–Kier alpha value is -1.20. The van der Waals surface area contributed by atoms with Gasteiger partial charge in [-0.2, -0.15) is 0 Å². The van der Waals surface area contributed by atoms with Crippen molar-refractivity contribution in [1.29, 1.82) is 0 Å². The number of benzene rings is 1. The number of anilines is 1. The number of hydrogen-bond donors (Lipinski definition) is 1. The summed E-state index contributed by atoms with van der Waals surface area (Å²) in [7, 11) is 0. The second-order valence-electron chi connectivity index (χ2n) is 3.21. The number of halogens is 2. The zero-order chi connectivity index (χ0) is 11.7. The van der Waals surface area contributed by atoms with Gasteiger partial charge in [-0.3, -0.25) is 4.79 Å². The largest absolute Gasteiger partial charge is 0.399 e. The molecule has 0 aliphatic rings. The van der Waals surface area contributed by atoms with Crippen molar-refractivity contribution < 1.29 is 9.18 Å². The van der Waals surface area contributed by atoms with E-state index in [0.29, 0.717) is 4.88 Å². The molecular weight excluding hydrogens is 293 g/mol. The van der Waals surface area contributed by atoms with E-state index in [4.69, 9.17) is 5.73 Å². The number of nitrogen functional groups attached to an aromatic ring is 1. The van der Waals surface area contributed by atoms with Gasteiger partial charge in [0.1, 0.15) is 5.82 Å². The monoisotopic (exact) mass is 299 g/mol. The van der Waals surface area contributed by atoms with Crippen LogP contribution in [0.3, 0.4) is 0 Å². The fraction of sp³-hybridized carbons (Fsp3) is 0. The summed E-state index contributed by atoms with van der Waals surface area (Å²) in [6, 6.07) is 7.31. The lowest BCUT2D eigenvalue weighted by molar-refractivity contribution is 0.104. The maximum absolute atomic E-state index is 13.1. The number of nitrogens with two attached hydrogens (primary N) is 1. The summed E-state index contributed by atoms with van der Waals surface area (Å²) >= 11 is 4.58. The first-order valence-electron chi connectivity index (χ1n) is 4.42. The predicted molar refractivity (Wildman–Crippen MR) is 66.3 cm³/mol. The summed E-state index contributed by atoms with van der Waals surface area (Å²) in [6.45, 7) is 0. The first-order valence-corrected chi connectivity index (χ1v) is 6.03. The number of thiophene rings is 1. The molecule has 2 nitrogen and oxygen atoms in total. The Bertz CT molecular complexity index is 532. The first-order chi connectivity index (χ1) is 7.56. The lowest BCUT2D eigenvalue weighted by Crippen LogP contribution is -2.00. The summed E-state index contributed by atoms with van der Waals surface area (Å²) in [5, 5.41) is 0. The number of rotatable bonds is 2. The zero-order valence-corrected chi connectivity index (χ0v) is 10.4. The lowest BCUT2D eigenvalue weighted by atomic mass is 10.1. The minimum atomic E-state index is -0.501. The average Bonchev–Trinajstić information content (AvgIpc) is 2.62. The van der Waals surface area contributed by atoms with Gasteiger partial charge in [-0.15, -0.1) is 11.3 Å². The molecule has 0 atom stereocenters. The molecule has 0 aliphatic carbocycles. The highest BCUT2D eigenvalue weighted by atomic mass is 79.9. The Balaban J connectivity index is 2.41. The SMILES string of the molecule is Nc1cc(F)cc(C(=O)c2ccc(Br)s2)c1. The van der Waals surface area contributed by atoms with Gasteiger partial charge in [0.25, 0.3) is 0 Å². The van der Waals surface area contributed by atoms with E-state index in [0.717, 1.165) is 3.79 Å². The van der Waals surface area contributed by atoms with Gasteiger partial charge < -0.3 is 5.73 Å². The van der Waals surface area contributed by atoms with Gasteiger partial charge in [0.2, 0.25) is 5.78 Å². The highest BCUT2D eigenvalue weighted by Crippen LogP contribution is 2.25. The molecule has 5 heteroatoms. The molecule has 16 heavy (non-hydrogen) atoms. The molecule has 0 saturated carbocycles. The molecule has 0 saturated heterocycles. The van der Waals surface area contributed by atoms with Crippen molar-refractivity contribution >= 4 is 38.7 Å². The minimum Gasteiger partial charge on any atom is -0.399 e. The second kappa shape index (κ2) is 4.35. The fourth-order valence-corrected chi connectivity index (χ4v) is 2.67. The van der Waals surface area contributed by atoms with Gasteiger partial charge in [-0.1, -0.05) is 0 Å². The van der Waals surface area contributed by atoms with Crippen molar-refractivity contribution in [3.63, 3.8) is 0 Å². The first kappa shape index (κ1) is 11.3. The van der Waals surface area contributed by atoms with Crippen molar-refractivity contribution in [3.05, 3.63) is 50.4 Å². The van der Waals surface area contributed by atoms with Crippen LogP contribution in [-0.2, 0) is 0 Å². The van der Waals surface area contributed by atoms with Crippen LogP contribution in [-0.4, -0.2) is 5.78 Å². The van der Waals surface area contributed by atoms with E-state index >= 15 is 0 Å². The molecule has 1 aromatic carbocycles. The third-order valence-corrected chi connectivity index (χ3v) is 3.60. The van der Waals surface area contributed by atoms with Crippen molar-refractivity contribution in [2.45, 2.75) is 0 Å². The molecule has 82 valence electrons. The van der Waals surface area contributed by atoms with Crippen LogP contribution in [0.4, 0.5) is 10.1 Å². The van der Waals surface area contributed by atoms with Crippen LogP contribution in [0.1, 0.15) is 15.2 Å². The molecule has 0 bridgehead atoms. The average molecular weight is 300 g/mol. The van der Waals surface area contributed by atoms with Crippen LogP contribution in [0.2, 0.25) is 0 Å². The van der Waals surface area contributed by atoms with Crippen LogP contribution in [0.5, 0.6) is 0 Å². The molecule has 0 aliphatic heterocycles. The highest BCUT2D eigenvalue weighted by Gasteiger charge is 2.12. The topological polar surface area (TPSA) is 43.1 Å². The van der Waals surface area contributed by atoms with Gasteiger partial charge in [0.15, 0.2) is 0 Å². The Morgan fingerprint density at radius 1 is 1.31 bits per heavy atom. The molecule has 1 aromatic heterocycles. The van der Waals surface area contributed by atoms with Crippen molar-refractivity contribution in [2.75, 3.05) is 5.73 Å². The zero-order valence-electron chi connectivity index (χ0n) is 8.04. The molecule has 2 N–H and O–H groups in total. The van der Waals surface area contributed by atoms with E-state index < -0.39 is 5.82 Å². The molecular formula is C11H7BrFNOS. The quantitative estimate of drug-likeness (QED) is 0.682. The second-order valence-corrected chi connectivity index (χ2v) is 5.67. The summed E-state index contributed by atoms with van der Waals surface area (Å²) in [6.07, 6.45) is 0. The van der Waals surface area contributed by atoms with Gasteiger partial charge in [0.05, 0.1) is 8.66 Å². The Kier molecular flexibility index (Phi) is 3.07. The van der Waals surface area contributed by atoms with E-state index in [-0.39, 0.29) is 17.0 Å². The van der Waals surface area contributed by atoms with Gasteiger partial charge in [-0.25, -0.2) is 4.39 Å². The van der Waals surface area contributed by atoms with E-state index in [2.05, 4.69) is 15.9 Å². The van der Waals surface area contributed by atoms with Crippen LogP contribution >= 0.6 is 27.3 Å². The molecule has 2 aromatic rings. The standard InChI is InChI=1S/C11H7BrFNOS/c12-10-2-1-9(16-10)11(15)6-3-7(13)5-8(14)4-6/h1-5H,14H2. The predicted octanol–water partition coefficient (Wildman–Crippen LogP) is 3.46. The van der Waals surface area contributed by atoms with E-state index in [9.17, 15) is 9.18 Å². The van der Waals surface area contributed by atoms with Crippen molar-refractivity contribution in [1.82, 2.24) is 0 Å². The minimum absolute atomic E-state index is 0.220. The van der Waals surface area contributed by atoms with Gasteiger partial charge in [-0.05, 0) is 46.3 Å². The summed E-state index contributed by atoms with van der Waals surface area (Å²) in [4.78, 5) is 12.5. The van der Waals surface area contributed by atoms with Crippen molar-refractivity contribution in [2.24, 2.45) is 0 Å². The molecule has 0 amide bonds. The summed E-state index contributed by atoms with van der Waals surface area (Å²) in [5.41, 5.74) is 6.00. The van der Waals surface area contributed by atoms with Gasteiger partial charge in [0, 0.05) is 11.3 Å². The number of carbonyl (C=O) groups excluding carboxylic acids is 1. The number of carbonyl (C=O) groups is 1. The molecule has 0 fully saturated rings. The molecule has 0 spiro atoms. The highest BCUT2D eigenvalue weighted by molar-refractivity contribution is 9.11. The van der Waals surface area contributed by atoms with Crippen LogP contribution < -0.4 is 5.73 Å². The van der Waals surface area contributed by atoms with Gasteiger partial charge >= 0.3 is 0 Å². The van der Waals surface area contributed by atoms with E-state index in [1.165, 1.54) is 29.5 Å². The Labute approximate surface area is 104 Å². The van der Waals surface area contributed by atoms with Crippen molar-refractivity contribution in [3.8, 4) is 0 Å². The summed E-state index contributed by atoms with van der Waals surface area (Å²) in [5.74, 6) is -0.721. The molecule has 0 unspecified atom stereocenters. The third-order valence-electron chi connectivity index (χ3n) is 1.98. The molecule has 1 heterocycles. The van der Waals surface area contributed by atoms with Crippen LogP contribution in [0.25, 0.3) is 0 Å². The third kappa shape index (κ3) is 2.31. The maximum Gasteiger partial charge on any atom is 0.203 e. The Morgan fingerprint density at radius 2 is 2.06 bits per heavy atom. The van der Waals surface area contributed by atoms with Crippen LogP contribution in [0.15, 0.2) is 34.1 Å². The van der Waals surface area contributed by atoms with Crippen LogP contribution in [0, 0.1) is 5.82 Å². The Morgan fingerprint density at radius 3 is 2.62 bits per heavy atom. The molecule has 0 radical (unpaired) electrons. The lowest BCUT2D eigenvalue weighted by Gasteiger charge is -2.00. The van der Waals surface area contributed by atoms with E-state index in [1.807, 2.05) is 0 Å². The van der Waals surface area contributed by atoms with E-state index in [1.54, 1.807) is 12.1 Å².